The summed E-state index contributed by atoms with van der Waals surface area (Å²) < 4.78 is 26.8. The van der Waals surface area contributed by atoms with Gasteiger partial charge in [-0.3, -0.25) is 0 Å². The van der Waals surface area contributed by atoms with Crippen molar-refractivity contribution in [3.8, 4) is 0 Å². The van der Waals surface area contributed by atoms with E-state index in [4.69, 9.17) is 11.6 Å². The zero-order valence-electron chi connectivity index (χ0n) is 8.22. The van der Waals surface area contributed by atoms with Gasteiger partial charge in [0.25, 0.3) is 0 Å². The van der Waals surface area contributed by atoms with Gasteiger partial charge in [0.05, 0.1) is 10.2 Å². The molecule has 0 fully saturated rings. The van der Waals surface area contributed by atoms with Crippen LogP contribution in [0.25, 0.3) is 0 Å². The molecule has 88 valence electrons. The molecule has 1 aromatic carbocycles. The molecule has 0 aliphatic rings. The molecule has 0 radical (unpaired) electrons. The molecular weight excluding hydrogens is 315 g/mol. The maximum Gasteiger partial charge on any atom is 0.171 e. The molecule has 0 amide bonds. The minimum absolute atomic E-state index is 0.0470. The van der Waals surface area contributed by atoms with Gasteiger partial charge in [-0.15, -0.1) is 0 Å². The number of halogens is 4. The monoisotopic (exact) mass is 319 g/mol. The van der Waals surface area contributed by atoms with E-state index in [9.17, 15) is 8.78 Å². The van der Waals surface area contributed by atoms with E-state index in [2.05, 4.69) is 31.2 Å². The number of nitrogens with zero attached hydrogens (tertiary/aromatic N) is 2. The molecule has 2 aromatic rings. The van der Waals surface area contributed by atoms with E-state index in [1.165, 1.54) is 12.4 Å². The summed E-state index contributed by atoms with van der Waals surface area (Å²) in [5.41, 5.74) is -0.0619. The Bertz CT molecular complexity index is 565. The number of benzene rings is 1. The highest BCUT2D eigenvalue weighted by atomic mass is 79.9. The van der Waals surface area contributed by atoms with Gasteiger partial charge in [-0.2, -0.15) is 0 Å². The van der Waals surface area contributed by atoms with E-state index in [1.807, 2.05) is 0 Å². The average molecular weight is 321 g/mol. The molecule has 1 aromatic heterocycles. The first-order valence-electron chi connectivity index (χ1n) is 4.46. The molecule has 0 aliphatic heterocycles. The van der Waals surface area contributed by atoms with Crippen molar-refractivity contribution in [1.29, 1.82) is 0 Å². The van der Waals surface area contributed by atoms with Crippen LogP contribution in [0.5, 0.6) is 0 Å². The minimum Gasteiger partial charge on any atom is -0.335 e. The van der Waals surface area contributed by atoms with Crippen molar-refractivity contribution < 1.29 is 8.78 Å². The van der Waals surface area contributed by atoms with Gasteiger partial charge in [-0.25, -0.2) is 18.7 Å². The first-order valence-corrected chi connectivity index (χ1v) is 5.63. The largest absolute Gasteiger partial charge is 0.335 e. The molecule has 0 unspecified atom stereocenters. The highest BCUT2D eigenvalue weighted by molar-refractivity contribution is 9.10. The summed E-state index contributed by atoms with van der Waals surface area (Å²) in [6, 6.07) is 2.02. The van der Waals surface area contributed by atoms with Crippen LogP contribution in [-0.2, 0) is 0 Å². The molecule has 7 heteroatoms. The summed E-state index contributed by atoms with van der Waals surface area (Å²) >= 11 is 8.62. The first kappa shape index (κ1) is 12.2. The topological polar surface area (TPSA) is 37.8 Å². The lowest BCUT2D eigenvalue weighted by Gasteiger charge is -2.08. The van der Waals surface area contributed by atoms with Gasteiger partial charge >= 0.3 is 0 Å². The van der Waals surface area contributed by atoms with Crippen LogP contribution in [0.3, 0.4) is 0 Å². The fourth-order valence-corrected chi connectivity index (χ4v) is 1.62. The smallest absolute Gasteiger partial charge is 0.171 e. The molecule has 1 heterocycles. The van der Waals surface area contributed by atoms with Crippen LogP contribution < -0.4 is 5.32 Å². The molecule has 2 rings (SSSR count). The van der Waals surface area contributed by atoms with Crippen LogP contribution in [0.15, 0.2) is 29.0 Å². The summed E-state index contributed by atoms with van der Waals surface area (Å²) in [7, 11) is 0. The standard InChI is InChI=1S/C10H5BrClF2N3/c11-5-3-7(14)8(4-6(5)13)17-10-9(12)15-1-2-16-10/h1-4H,(H,16,17). The van der Waals surface area contributed by atoms with Crippen LogP contribution in [-0.4, -0.2) is 9.97 Å². The van der Waals surface area contributed by atoms with Gasteiger partial charge in [-0.1, -0.05) is 11.6 Å². The molecular formula is C10H5BrClF2N3. The Kier molecular flexibility index (Phi) is 3.54. The van der Waals surface area contributed by atoms with Crippen molar-refractivity contribution >= 4 is 39.0 Å². The molecule has 0 saturated carbocycles. The van der Waals surface area contributed by atoms with Crippen molar-refractivity contribution in [1.82, 2.24) is 9.97 Å². The van der Waals surface area contributed by atoms with Gasteiger partial charge in [0, 0.05) is 18.5 Å². The Morgan fingerprint density at radius 3 is 2.53 bits per heavy atom. The van der Waals surface area contributed by atoms with Gasteiger partial charge in [0.2, 0.25) is 0 Å². The molecule has 3 nitrogen and oxygen atoms in total. The van der Waals surface area contributed by atoms with Gasteiger partial charge < -0.3 is 5.32 Å². The van der Waals surface area contributed by atoms with E-state index < -0.39 is 11.6 Å². The number of nitrogens with one attached hydrogen (secondary N) is 1. The normalized spacial score (nSPS) is 10.4. The van der Waals surface area contributed by atoms with Crippen molar-refractivity contribution in [3.63, 3.8) is 0 Å². The highest BCUT2D eigenvalue weighted by Crippen LogP contribution is 2.27. The van der Waals surface area contributed by atoms with Gasteiger partial charge in [-0.05, 0) is 22.0 Å². The maximum atomic E-state index is 13.5. The highest BCUT2D eigenvalue weighted by Gasteiger charge is 2.10. The fourth-order valence-electron chi connectivity index (χ4n) is 1.15. The van der Waals surface area contributed by atoms with Gasteiger partial charge in [0.1, 0.15) is 11.6 Å². The zero-order chi connectivity index (χ0) is 12.4. The Morgan fingerprint density at radius 2 is 1.82 bits per heavy atom. The quantitative estimate of drug-likeness (QED) is 0.852. The third kappa shape index (κ3) is 2.70. The number of aromatic nitrogens is 2. The number of anilines is 2. The zero-order valence-corrected chi connectivity index (χ0v) is 10.6. The molecule has 0 saturated heterocycles. The van der Waals surface area contributed by atoms with Crippen molar-refractivity contribution in [2.45, 2.75) is 0 Å². The second-order valence-corrected chi connectivity index (χ2v) is 4.28. The third-order valence-corrected chi connectivity index (χ3v) is 2.80. The van der Waals surface area contributed by atoms with Crippen molar-refractivity contribution in [3.05, 3.63) is 45.8 Å². The second kappa shape index (κ2) is 4.93. The van der Waals surface area contributed by atoms with Crippen molar-refractivity contribution in [2.75, 3.05) is 5.32 Å². The lowest BCUT2D eigenvalue weighted by atomic mass is 10.3. The molecule has 0 aliphatic carbocycles. The number of hydrogen-bond acceptors (Lipinski definition) is 3. The van der Waals surface area contributed by atoms with E-state index in [-0.39, 0.29) is 21.1 Å². The summed E-state index contributed by atoms with van der Waals surface area (Å²) in [4.78, 5) is 7.62. The van der Waals surface area contributed by atoms with Crippen molar-refractivity contribution in [2.24, 2.45) is 0 Å². The van der Waals surface area contributed by atoms with Gasteiger partial charge in [0.15, 0.2) is 11.0 Å². The van der Waals surface area contributed by atoms with Crippen LogP contribution in [0.1, 0.15) is 0 Å². The summed E-state index contributed by atoms with van der Waals surface area (Å²) in [6.07, 6.45) is 2.79. The van der Waals surface area contributed by atoms with E-state index >= 15 is 0 Å². The molecule has 0 spiro atoms. The number of hydrogen-bond donors (Lipinski definition) is 1. The second-order valence-electron chi connectivity index (χ2n) is 3.07. The lowest BCUT2D eigenvalue weighted by Crippen LogP contribution is -1.99. The van der Waals surface area contributed by atoms with Crippen LogP contribution in [0.4, 0.5) is 20.3 Å². The van der Waals surface area contributed by atoms with E-state index in [0.29, 0.717) is 0 Å². The van der Waals surface area contributed by atoms with Crippen LogP contribution in [0, 0.1) is 11.6 Å². The molecule has 0 bridgehead atoms. The Hall–Kier alpha value is -1.27. The summed E-state index contributed by atoms with van der Waals surface area (Å²) in [6.45, 7) is 0. The van der Waals surface area contributed by atoms with Crippen LogP contribution >= 0.6 is 27.5 Å². The average Bonchev–Trinajstić information content (AvgIpc) is 2.29. The molecule has 17 heavy (non-hydrogen) atoms. The van der Waals surface area contributed by atoms with E-state index in [0.717, 1.165) is 12.1 Å². The lowest BCUT2D eigenvalue weighted by molar-refractivity contribution is 0.597. The Morgan fingerprint density at radius 1 is 1.12 bits per heavy atom. The Balaban J connectivity index is 2.37. The van der Waals surface area contributed by atoms with Crippen LogP contribution in [0.2, 0.25) is 5.15 Å². The van der Waals surface area contributed by atoms with E-state index in [1.54, 1.807) is 0 Å². The number of rotatable bonds is 2. The molecule has 1 N–H and O–H groups in total. The third-order valence-electron chi connectivity index (χ3n) is 1.92. The summed E-state index contributed by atoms with van der Waals surface area (Å²) in [5.74, 6) is -1.05. The fraction of sp³-hybridized carbons (Fsp3) is 0. The molecule has 0 atom stereocenters. The SMILES string of the molecule is Fc1cc(Nc2nccnc2Cl)c(F)cc1Br. The summed E-state index contributed by atoms with van der Waals surface area (Å²) in [5, 5.41) is 2.65. The first-order chi connectivity index (χ1) is 8.08. The predicted octanol–water partition coefficient (Wildman–Crippen LogP) is 3.91. The maximum absolute atomic E-state index is 13.5. The Labute approximate surface area is 109 Å². The minimum atomic E-state index is -0.625. The predicted molar refractivity (Wildman–Crippen MR) is 64.4 cm³/mol.